The van der Waals surface area contributed by atoms with Gasteiger partial charge in [-0.25, -0.2) is 0 Å². The van der Waals surface area contributed by atoms with Gasteiger partial charge < -0.3 is 14.6 Å². The zero-order valence-electron chi connectivity index (χ0n) is 10.8. The zero-order valence-corrected chi connectivity index (χ0v) is 10.8. The average molecular weight is 268 g/mol. The largest absolute Gasteiger partial charge is 0.504 e. The Kier molecular flexibility index (Phi) is 2.71. The van der Waals surface area contributed by atoms with Crippen molar-refractivity contribution in [2.75, 3.05) is 0 Å². The Labute approximate surface area is 114 Å². The van der Waals surface area contributed by atoms with Gasteiger partial charge in [0.2, 0.25) is 5.43 Å². The number of rotatable bonds is 1. The Morgan fingerprint density at radius 2 is 1.80 bits per heavy atom. The van der Waals surface area contributed by atoms with Crippen molar-refractivity contribution in [3.63, 3.8) is 0 Å². The van der Waals surface area contributed by atoms with Crippen LogP contribution in [0.4, 0.5) is 0 Å². The van der Waals surface area contributed by atoms with E-state index in [1.807, 2.05) is 31.2 Å². The van der Waals surface area contributed by atoms with E-state index in [0.717, 1.165) is 11.1 Å². The Balaban J connectivity index is 2.31. The van der Waals surface area contributed by atoms with Crippen molar-refractivity contribution >= 4 is 11.0 Å². The van der Waals surface area contributed by atoms with Crippen molar-refractivity contribution in [1.29, 1.82) is 0 Å². The van der Waals surface area contributed by atoms with Gasteiger partial charge >= 0.3 is 0 Å². The number of benzene rings is 2. The molecule has 0 atom stereocenters. The zero-order chi connectivity index (χ0) is 14.3. The van der Waals surface area contributed by atoms with E-state index < -0.39 is 0 Å². The molecule has 0 aliphatic carbocycles. The molecule has 4 nitrogen and oxygen atoms in total. The summed E-state index contributed by atoms with van der Waals surface area (Å²) in [5.41, 5.74) is 2.21. The highest BCUT2D eigenvalue weighted by Crippen LogP contribution is 2.30. The van der Waals surface area contributed by atoms with Gasteiger partial charge in [-0.3, -0.25) is 4.79 Å². The van der Waals surface area contributed by atoms with E-state index in [1.165, 1.54) is 18.4 Å². The Bertz CT molecular complexity index is 862. The number of aromatic hydroxyl groups is 2. The molecule has 0 unspecified atom stereocenters. The van der Waals surface area contributed by atoms with E-state index in [0.29, 0.717) is 5.56 Å². The molecule has 3 rings (SSSR count). The molecule has 0 amide bonds. The van der Waals surface area contributed by atoms with E-state index in [4.69, 9.17) is 4.42 Å². The van der Waals surface area contributed by atoms with Crippen LogP contribution in [0.5, 0.6) is 11.5 Å². The maximum absolute atomic E-state index is 12.5. The van der Waals surface area contributed by atoms with Gasteiger partial charge in [0.05, 0.1) is 10.9 Å². The summed E-state index contributed by atoms with van der Waals surface area (Å²) in [6, 6.07) is 9.96. The maximum atomic E-state index is 12.5. The minimum Gasteiger partial charge on any atom is -0.504 e. The van der Waals surface area contributed by atoms with Crippen molar-refractivity contribution < 1.29 is 14.6 Å². The van der Waals surface area contributed by atoms with Crippen LogP contribution < -0.4 is 5.43 Å². The van der Waals surface area contributed by atoms with Gasteiger partial charge in [-0.1, -0.05) is 29.8 Å². The number of hydrogen-bond acceptors (Lipinski definition) is 4. The molecule has 4 heteroatoms. The van der Waals surface area contributed by atoms with Gasteiger partial charge in [-0.2, -0.15) is 0 Å². The van der Waals surface area contributed by atoms with Crippen molar-refractivity contribution in [1.82, 2.24) is 0 Å². The normalized spacial score (nSPS) is 10.8. The molecule has 2 N–H and O–H groups in total. The quantitative estimate of drug-likeness (QED) is 0.665. The predicted molar refractivity (Wildman–Crippen MR) is 76.0 cm³/mol. The third-order valence-corrected chi connectivity index (χ3v) is 3.20. The summed E-state index contributed by atoms with van der Waals surface area (Å²) >= 11 is 0. The monoisotopic (exact) mass is 268 g/mol. The highest BCUT2D eigenvalue weighted by molar-refractivity contribution is 5.84. The summed E-state index contributed by atoms with van der Waals surface area (Å²) in [5.74, 6) is -0.657. The first-order valence-electron chi connectivity index (χ1n) is 6.11. The van der Waals surface area contributed by atoms with Gasteiger partial charge in [0.1, 0.15) is 11.8 Å². The fraction of sp³-hybridized carbons (Fsp3) is 0.0625. The second kappa shape index (κ2) is 4.42. The third kappa shape index (κ3) is 1.91. The molecule has 0 fully saturated rings. The second-order valence-electron chi connectivity index (χ2n) is 4.69. The molecule has 1 aromatic heterocycles. The molecule has 0 saturated heterocycles. The summed E-state index contributed by atoms with van der Waals surface area (Å²) in [7, 11) is 0. The minimum absolute atomic E-state index is 0.235. The van der Waals surface area contributed by atoms with Crippen LogP contribution in [-0.4, -0.2) is 10.2 Å². The fourth-order valence-corrected chi connectivity index (χ4v) is 2.17. The number of phenols is 2. The molecular weight excluding hydrogens is 256 g/mol. The first-order chi connectivity index (χ1) is 9.56. The minimum atomic E-state index is -0.341. The van der Waals surface area contributed by atoms with Gasteiger partial charge in [-0.05, 0) is 18.6 Å². The summed E-state index contributed by atoms with van der Waals surface area (Å²) < 4.78 is 5.38. The van der Waals surface area contributed by atoms with Gasteiger partial charge in [-0.15, -0.1) is 0 Å². The topological polar surface area (TPSA) is 70.7 Å². The van der Waals surface area contributed by atoms with E-state index in [-0.39, 0.29) is 27.9 Å². The molecule has 0 spiro atoms. The number of hydrogen-bond donors (Lipinski definition) is 2. The van der Waals surface area contributed by atoms with E-state index in [9.17, 15) is 15.0 Å². The van der Waals surface area contributed by atoms with Crippen molar-refractivity contribution in [2.45, 2.75) is 6.92 Å². The van der Waals surface area contributed by atoms with Gasteiger partial charge in [0, 0.05) is 6.07 Å². The summed E-state index contributed by atoms with van der Waals surface area (Å²) in [6.07, 6.45) is 1.37. The first-order valence-corrected chi connectivity index (χ1v) is 6.11. The van der Waals surface area contributed by atoms with Crippen LogP contribution in [0.15, 0.2) is 51.9 Å². The summed E-state index contributed by atoms with van der Waals surface area (Å²) in [4.78, 5) is 12.5. The average Bonchev–Trinajstić information content (AvgIpc) is 2.41. The molecular formula is C16H12O4. The molecule has 0 aliphatic heterocycles. The molecule has 2 aromatic carbocycles. The second-order valence-corrected chi connectivity index (χ2v) is 4.69. The number of fused-ring (bicyclic) bond motifs is 1. The van der Waals surface area contributed by atoms with Gasteiger partial charge in [0.15, 0.2) is 11.5 Å². The van der Waals surface area contributed by atoms with Crippen LogP contribution in [0.3, 0.4) is 0 Å². The molecule has 1 heterocycles. The Morgan fingerprint density at radius 3 is 2.55 bits per heavy atom. The van der Waals surface area contributed by atoms with Crippen LogP contribution in [0.2, 0.25) is 0 Å². The van der Waals surface area contributed by atoms with E-state index in [1.54, 1.807) is 0 Å². The lowest BCUT2D eigenvalue weighted by molar-refractivity contribution is 0.403. The highest BCUT2D eigenvalue weighted by atomic mass is 16.3. The number of aryl methyl sites for hydroxylation is 1. The van der Waals surface area contributed by atoms with Crippen LogP contribution in [0, 0.1) is 6.92 Å². The molecule has 20 heavy (non-hydrogen) atoms. The van der Waals surface area contributed by atoms with Crippen LogP contribution in [-0.2, 0) is 0 Å². The van der Waals surface area contributed by atoms with Crippen LogP contribution in [0.1, 0.15) is 5.56 Å². The van der Waals surface area contributed by atoms with Crippen molar-refractivity contribution in [2.24, 2.45) is 0 Å². The predicted octanol–water partition coefficient (Wildman–Crippen LogP) is 3.18. The van der Waals surface area contributed by atoms with Crippen LogP contribution in [0.25, 0.3) is 22.1 Å². The smallest absolute Gasteiger partial charge is 0.200 e. The lowest BCUT2D eigenvalue weighted by Crippen LogP contribution is -2.04. The fourth-order valence-electron chi connectivity index (χ4n) is 2.17. The molecule has 0 radical (unpaired) electrons. The SMILES string of the molecule is Cc1cccc(-c2coc3cc(O)c(O)cc3c2=O)c1. The lowest BCUT2D eigenvalue weighted by atomic mass is 10.0. The molecule has 3 aromatic rings. The summed E-state index contributed by atoms with van der Waals surface area (Å²) in [5, 5.41) is 19.2. The Morgan fingerprint density at radius 1 is 1.05 bits per heavy atom. The van der Waals surface area contributed by atoms with Gasteiger partial charge in [0.25, 0.3) is 0 Å². The van der Waals surface area contributed by atoms with Crippen molar-refractivity contribution in [3.05, 3.63) is 58.4 Å². The molecule has 0 bridgehead atoms. The van der Waals surface area contributed by atoms with E-state index >= 15 is 0 Å². The summed E-state index contributed by atoms with van der Waals surface area (Å²) in [6.45, 7) is 1.94. The van der Waals surface area contributed by atoms with E-state index in [2.05, 4.69) is 0 Å². The standard InChI is InChI=1S/C16H12O4/c1-9-3-2-4-10(5-9)12-8-20-15-7-14(18)13(17)6-11(15)16(12)19/h2-8,17-18H,1H3. The van der Waals surface area contributed by atoms with Crippen LogP contribution >= 0.6 is 0 Å². The molecule has 100 valence electrons. The molecule has 0 aliphatic rings. The maximum Gasteiger partial charge on any atom is 0.200 e. The lowest BCUT2D eigenvalue weighted by Gasteiger charge is -2.05. The third-order valence-electron chi connectivity index (χ3n) is 3.20. The Hall–Kier alpha value is -2.75. The number of phenolic OH excluding ortho intramolecular Hbond substituents is 2. The first kappa shape index (κ1) is 12.3. The highest BCUT2D eigenvalue weighted by Gasteiger charge is 2.12. The van der Waals surface area contributed by atoms with Crippen molar-refractivity contribution in [3.8, 4) is 22.6 Å². The molecule has 0 saturated carbocycles.